The Bertz CT molecular complexity index is 381. The highest BCUT2D eigenvalue weighted by Gasteiger charge is 2.11. The van der Waals surface area contributed by atoms with Gasteiger partial charge in [0.1, 0.15) is 5.88 Å². The van der Waals surface area contributed by atoms with E-state index in [9.17, 15) is 9.59 Å². The van der Waals surface area contributed by atoms with E-state index in [0.29, 0.717) is 11.3 Å². The molecule has 0 atom stereocenters. The minimum atomic E-state index is -0.368. The number of aromatic nitrogens is 1. The molecule has 1 aromatic rings. The summed E-state index contributed by atoms with van der Waals surface area (Å²) in [6, 6.07) is 1.54. The lowest BCUT2D eigenvalue weighted by molar-refractivity contribution is -0.113. The molecule has 0 spiro atoms. The molecule has 0 aliphatic carbocycles. The van der Waals surface area contributed by atoms with Gasteiger partial charge in [-0.05, 0) is 6.07 Å². The van der Waals surface area contributed by atoms with Crippen molar-refractivity contribution in [2.45, 2.75) is 0 Å². The van der Waals surface area contributed by atoms with Gasteiger partial charge >= 0.3 is 0 Å². The lowest BCUT2D eigenvalue weighted by Gasteiger charge is -2.07. The first-order valence-electron chi connectivity index (χ1n) is 4.21. The topological polar surface area (TPSA) is 71.1 Å². The van der Waals surface area contributed by atoms with Crippen LogP contribution in [0.1, 0.15) is 10.4 Å². The summed E-state index contributed by atoms with van der Waals surface area (Å²) in [6.45, 7) is 0. The summed E-state index contributed by atoms with van der Waals surface area (Å²) in [4.78, 5) is 26.2. The summed E-state index contributed by atoms with van der Waals surface area (Å²) in [7, 11) is 1.50. The standard InChI is InChI=1S/C9H10ClN3O2/c1-11-9(15)6-5-12-3-2-7(6)13-8(14)4-10/h2-3,5H,4H2,1H3,(H,11,15)(H,12,13,14). The number of alkyl halides is 1. The minimum absolute atomic E-state index is 0.157. The van der Waals surface area contributed by atoms with Crippen molar-refractivity contribution in [1.82, 2.24) is 10.3 Å². The van der Waals surface area contributed by atoms with Crippen LogP contribution in [-0.2, 0) is 4.79 Å². The Morgan fingerprint density at radius 1 is 1.53 bits per heavy atom. The van der Waals surface area contributed by atoms with Crippen LogP contribution >= 0.6 is 11.6 Å². The van der Waals surface area contributed by atoms with E-state index in [0.717, 1.165) is 0 Å². The summed E-state index contributed by atoms with van der Waals surface area (Å²) in [5.74, 6) is -0.837. The predicted octanol–water partition coefficient (Wildman–Crippen LogP) is 0.618. The molecule has 2 amide bonds. The van der Waals surface area contributed by atoms with Crippen LogP contribution in [0.2, 0.25) is 0 Å². The van der Waals surface area contributed by atoms with E-state index in [1.807, 2.05) is 0 Å². The van der Waals surface area contributed by atoms with Gasteiger partial charge in [-0.3, -0.25) is 14.6 Å². The quantitative estimate of drug-likeness (QED) is 0.744. The average molecular weight is 228 g/mol. The Balaban J connectivity index is 2.96. The molecule has 0 aliphatic rings. The van der Waals surface area contributed by atoms with Crippen molar-refractivity contribution in [2.75, 3.05) is 18.2 Å². The summed E-state index contributed by atoms with van der Waals surface area (Å²) in [5, 5.41) is 4.95. The molecule has 0 bridgehead atoms. The molecule has 80 valence electrons. The molecule has 0 fully saturated rings. The molecular formula is C9H10ClN3O2. The van der Waals surface area contributed by atoms with Crippen molar-refractivity contribution in [2.24, 2.45) is 0 Å². The maximum Gasteiger partial charge on any atom is 0.254 e. The fourth-order valence-corrected chi connectivity index (χ4v) is 1.07. The van der Waals surface area contributed by atoms with E-state index in [4.69, 9.17) is 11.6 Å². The highest BCUT2D eigenvalue weighted by molar-refractivity contribution is 6.29. The molecule has 5 nitrogen and oxygen atoms in total. The number of anilines is 1. The number of carbonyl (C=O) groups excluding carboxylic acids is 2. The number of amides is 2. The number of nitrogens with zero attached hydrogens (tertiary/aromatic N) is 1. The first-order chi connectivity index (χ1) is 7.19. The van der Waals surface area contributed by atoms with Crippen LogP contribution in [0.5, 0.6) is 0 Å². The summed E-state index contributed by atoms with van der Waals surface area (Å²) in [5.41, 5.74) is 0.702. The molecule has 0 aromatic carbocycles. The molecule has 1 heterocycles. The monoisotopic (exact) mass is 227 g/mol. The molecule has 0 saturated carbocycles. The van der Waals surface area contributed by atoms with Gasteiger partial charge < -0.3 is 10.6 Å². The molecule has 15 heavy (non-hydrogen) atoms. The van der Waals surface area contributed by atoms with Crippen LogP contribution < -0.4 is 10.6 Å². The molecule has 0 saturated heterocycles. The minimum Gasteiger partial charge on any atom is -0.355 e. The molecule has 1 rings (SSSR count). The second-order valence-electron chi connectivity index (χ2n) is 2.68. The van der Waals surface area contributed by atoms with Gasteiger partial charge in [-0.25, -0.2) is 0 Å². The van der Waals surface area contributed by atoms with Crippen LogP contribution in [0.15, 0.2) is 18.5 Å². The van der Waals surface area contributed by atoms with E-state index in [1.54, 1.807) is 0 Å². The molecule has 0 unspecified atom stereocenters. The first-order valence-corrected chi connectivity index (χ1v) is 4.74. The Morgan fingerprint density at radius 3 is 2.87 bits per heavy atom. The van der Waals surface area contributed by atoms with E-state index >= 15 is 0 Å². The fourth-order valence-electron chi connectivity index (χ4n) is 1.00. The maximum atomic E-state index is 11.4. The zero-order valence-corrected chi connectivity index (χ0v) is 8.84. The van der Waals surface area contributed by atoms with Crippen LogP contribution in [0.4, 0.5) is 5.69 Å². The third-order valence-corrected chi connectivity index (χ3v) is 1.93. The Kier molecular flexibility index (Phi) is 4.05. The number of halogens is 1. The van der Waals surface area contributed by atoms with E-state index in [2.05, 4.69) is 15.6 Å². The zero-order chi connectivity index (χ0) is 11.3. The first kappa shape index (κ1) is 11.5. The van der Waals surface area contributed by atoms with Gasteiger partial charge in [-0.15, -0.1) is 11.6 Å². The largest absolute Gasteiger partial charge is 0.355 e. The van der Waals surface area contributed by atoms with E-state index in [-0.39, 0.29) is 17.7 Å². The van der Waals surface area contributed by atoms with Crippen molar-refractivity contribution in [3.63, 3.8) is 0 Å². The molecule has 2 N–H and O–H groups in total. The van der Waals surface area contributed by atoms with Gasteiger partial charge in [0.15, 0.2) is 0 Å². The molecular weight excluding hydrogens is 218 g/mol. The summed E-state index contributed by atoms with van der Waals surface area (Å²) < 4.78 is 0. The van der Waals surface area contributed by atoms with E-state index < -0.39 is 0 Å². The Labute approximate surface area is 91.8 Å². The Hall–Kier alpha value is -1.62. The van der Waals surface area contributed by atoms with Crippen LogP contribution in [0, 0.1) is 0 Å². The number of nitrogens with one attached hydrogen (secondary N) is 2. The van der Waals surface area contributed by atoms with Crippen LogP contribution in [-0.4, -0.2) is 29.7 Å². The average Bonchev–Trinajstić information content (AvgIpc) is 2.28. The maximum absolute atomic E-state index is 11.4. The van der Waals surface area contributed by atoms with Gasteiger partial charge in [-0.1, -0.05) is 0 Å². The fraction of sp³-hybridized carbons (Fsp3) is 0.222. The van der Waals surface area contributed by atoms with Crippen molar-refractivity contribution < 1.29 is 9.59 Å². The normalized spacial score (nSPS) is 9.47. The number of rotatable bonds is 3. The third-order valence-electron chi connectivity index (χ3n) is 1.69. The lowest BCUT2D eigenvalue weighted by Crippen LogP contribution is -2.22. The predicted molar refractivity (Wildman–Crippen MR) is 57.0 cm³/mol. The second-order valence-corrected chi connectivity index (χ2v) is 2.95. The lowest BCUT2D eigenvalue weighted by atomic mass is 10.2. The number of pyridine rings is 1. The second kappa shape index (κ2) is 5.31. The van der Waals surface area contributed by atoms with Crippen molar-refractivity contribution in [1.29, 1.82) is 0 Å². The summed E-state index contributed by atoms with van der Waals surface area (Å²) >= 11 is 5.34. The number of hydrogen-bond donors (Lipinski definition) is 2. The SMILES string of the molecule is CNC(=O)c1cnccc1NC(=O)CCl. The zero-order valence-electron chi connectivity index (χ0n) is 8.08. The third kappa shape index (κ3) is 2.92. The van der Waals surface area contributed by atoms with Crippen LogP contribution in [0.3, 0.4) is 0 Å². The van der Waals surface area contributed by atoms with Gasteiger partial charge in [0, 0.05) is 19.4 Å². The van der Waals surface area contributed by atoms with Crippen LogP contribution in [0.25, 0.3) is 0 Å². The van der Waals surface area contributed by atoms with Crippen molar-refractivity contribution in [3.05, 3.63) is 24.0 Å². The number of hydrogen-bond acceptors (Lipinski definition) is 3. The molecule has 0 radical (unpaired) electrons. The molecule has 1 aromatic heterocycles. The number of carbonyl (C=O) groups is 2. The van der Waals surface area contributed by atoms with Gasteiger partial charge in [0.25, 0.3) is 5.91 Å². The molecule has 0 aliphatic heterocycles. The smallest absolute Gasteiger partial charge is 0.254 e. The Morgan fingerprint density at radius 2 is 2.27 bits per heavy atom. The summed E-state index contributed by atoms with van der Waals surface area (Å²) in [6.07, 6.45) is 2.86. The van der Waals surface area contributed by atoms with Crippen molar-refractivity contribution >= 4 is 29.1 Å². The van der Waals surface area contributed by atoms with Gasteiger partial charge in [-0.2, -0.15) is 0 Å². The highest BCUT2D eigenvalue weighted by atomic mass is 35.5. The van der Waals surface area contributed by atoms with Crippen molar-refractivity contribution in [3.8, 4) is 0 Å². The van der Waals surface area contributed by atoms with E-state index in [1.165, 1.54) is 25.5 Å². The molecule has 6 heteroatoms. The van der Waals surface area contributed by atoms with Gasteiger partial charge in [0.05, 0.1) is 11.3 Å². The van der Waals surface area contributed by atoms with Gasteiger partial charge in [0.2, 0.25) is 5.91 Å². The highest BCUT2D eigenvalue weighted by Crippen LogP contribution is 2.13.